The molecule has 4 nitrogen and oxygen atoms in total. The van der Waals surface area contributed by atoms with E-state index < -0.39 is 5.97 Å². The molecule has 1 aromatic heterocycles. The summed E-state index contributed by atoms with van der Waals surface area (Å²) < 4.78 is 11.6. The van der Waals surface area contributed by atoms with E-state index in [1.165, 1.54) is 11.1 Å². The van der Waals surface area contributed by atoms with Gasteiger partial charge in [-0.2, -0.15) is 0 Å². The van der Waals surface area contributed by atoms with Crippen molar-refractivity contribution in [1.82, 2.24) is 0 Å². The molecule has 170 valence electrons. The Morgan fingerprint density at radius 1 is 0.879 bits per heavy atom. The number of aryl methyl sites for hydroxylation is 1. The first kappa shape index (κ1) is 23.3. The van der Waals surface area contributed by atoms with Crippen molar-refractivity contribution in [3.05, 3.63) is 102 Å². The van der Waals surface area contributed by atoms with Gasteiger partial charge in [0.25, 0.3) is 0 Å². The fraction of sp³-hybridized carbons (Fsp3) is 0.222. The van der Waals surface area contributed by atoms with Crippen molar-refractivity contribution in [2.75, 3.05) is 6.61 Å². The van der Waals surface area contributed by atoms with Crippen LogP contribution >= 0.6 is 23.5 Å². The number of fused-ring (bicyclic) bond motifs is 1. The fourth-order valence-electron chi connectivity index (χ4n) is 3.55. The maximum atomic E-state index is 10.9. The summed E-state index contributed by atoms with van der Waals surface area (Å²) >= 11 is 3.96. The highest BCUT2D eigenvalue weighted by Gasteiger charge is 2.16. The molecule has 0 amide bonds. The predicted molar refractivity (Wildman–Crippen MR) is 137 cm³/mol. The van der Waals surface area contributed by atoms with Crippen LogP contribution in [-0.2, 0) is 22.7 Å². The molecule has 0 aliphatic carbocycles. The van der Waals surface area contributed by atoms with Gasteiger partial charge in [0.2, 0.25) is 0 Å². The topological polar surface area (TPSA) is 59.7 Å². The SMILES string of the molecule is O=C(O)COc1cccc2c(CCC(SCc3ccccc3)SCc3ccccc3)coc12. The highest BCUT2D eigenvalue weighted by molar-refractivity contribution is 8.16. The molecular weight excluding hydrogens is 452 g/mol. The molecule has 1 N–H and O–H groups in total. The van der Waals surface area contributed by atoms with Gasteiger partial charge >= 0.3 is 5.97 Å². The normalized spacial score (nSPS) is 11.2. The number of aliphatic carboxylic acids is 1. The molecule has 4 aromatic rings. The summed E-state index contributed by atoms with van der Waals surface area (Å²) in [5.41, 5.74) is 4.40. The molecule has 0 bridgehead atoms. The first-order chi connectivity index (χ1) is 16.2. The van der Waals surface area contributed by atoms with Gasteiger partial charge in [-0.3, -0.25) is 0 Å². The zero-order valence-corrected chi connectivity index (χ0v) is 19.8. The molecule has 0 unspecified atom stereocenters. The highest BCUT2D eigenvalue weighted by atomic mass is 32.2. The van der Waals surface area contributed by atoms with E-state index in [0.717, 1.165) is 35.3 Å². The van der Waals surface area contributed by atoms with Crippen molar-refractivity contribution in [3.8, 4) is 5.75 Å². The van der Waals surface area contributed by atoms with Crippen LogP contribution in [0.3, 0.4) is 0 Å². The Morgan fingerprint density at radius 3 is 2.12 bits per heavy atom. The van der Waals surface area contributed by atoms with E-state index >= 15 is 0 Å². The second-order valence-electron chi connectivity index (χ2n) is 7.64. The quantitative estimate of drug-likeness (QED) is 0.221. The maximum Gasteiger partial charge on any atom is 0.341 e. The van der Waals surface area contributed by atoms with Gasteiger partial charge in [-0.05, 0) is 35.6 Å². The van der Waals surface area contributed by atoms with Crippen LogP contribution < -0.4 is 4.74 Å². The summed E-state index contributed by atoms with van der Waals surface area (Å²) in [5, 5.41) is 9.89. The lowest BCUT2D eigenvalue weighted by Gasteiger charge is -2.16. The number of benzene rings is 3. The second-order valence-corrected chi connectivity index (χ2v) is 10.3. The monoisotopic (exact) mass is 478 g/mol. The van der Waals surface area contributed by atoms with Crippen molar-refractivity contribution in [2.24, 2.45) is 0 Å². The standard InChI is InChI=1S/C27H26O4S2/c28-25(29)17-30-24-13-7-12-23-22(16-31-27(23)24)14-15-26(32-18-20-8-3-1-4-9-20)33-19-21-10-5-2-6-11-21/h1-13,16,26H,14-15,17-19H2,(H,28,29). The number of hydrogen-bond donors (Lipinski definition) is 1. The third-order valence-corrected chi connectivity index (χ3v) is 8.23. The van der Waals surface area contributed by atoms with Crippen molar-refractivity contribution in [2.45, 2.75) is 28.9 Å². The zero-order chi connectivity index (χ0) is 22.9. The van der Waals surface area contributed by atoms with Crippen LogP contribution in [0.4, 0.5) is 0 Å². The van der Waals surface area contributed by atoms with Crippen LogP contribution in [-0.4, -0.2) is 22.3 Å². The van der Waals surface area contributed by atoms with Crippen LogP contribution in [0.2, 0.25) is 0 Å². The van der Waals surface area contributed by atoms with Gasteiger partial charge in [-0.1, -0.05) is 72.8 Å². The lowest BCUT2D eigenvalue weighted by molar-refractivity contribution is -0.139. The number of carboxylic acid groups (broad SMARTS) is 1. The van der Waals surface area contributed by atoms with Gasteiger partial charge in [-0.25, -0.2) is 4.79 Å². The molecule has 0 fully saturated rings. The van der Waals surface area contributed by atoms with E-state index in [1.54, 1.807) is 12.3 Å². The number of furan rings is 1. The second kappa shape index (κ2) is 11.9. The third-order valence-electron chi connectivity index (χ3n) is 5.20. The Labute approximate surface area is 202 Å². The Bertz CT molecular complexity index is 1120. The number of thioether (sulfide) groups is 2. The summed E-state index contributed by atoms with van der Waals surface area (Å²) in [6.07, 6.45) is 3.66. The van der Waals surface area contributed by atoms with E-state index in [0.29, 0.717) is 15.9 Å². The third kappa shape index (κ3) is 6.83. The van der Waals surface area contributed by atoms with Gasteiger partial charge in [-0.15, -0.1) is 23.5 Å². The van der Waals surface area contributed by atoms with Crippen LogP contribution in [0.5, 0.6) is 5.75 Å². The average molecular weight is 479 g/mol. The zero-order valence-electron chi connectivity index (χ0n) is 18.2. The minimum absolute atomic E-state index is 0.385. The van der Waals surface area contributed by atoms with E-state index in [9.17, 15) is 4.79 Å². The van der Waals surface area contributed by atoms with Crippen molar-refractivity contribution < 1.29 is 19.1 Å². The lowest BCUT2D eigenvalue weighted by atomic mass is 10.1. The molecule has 4 rings (SSSR count). The van der Waals surface area contributed by atoms with Gasteiger partial charge < -0.3 is 14.3 Å². The van der Waals surface area contributed by atoms with Crippen molar-refractivity contribution in [1.29, 1.82) is 0 Å². The van der Waals surface area contributed by atoms with E-state index in [-0.39, 0.29) is 6.61 Å². The number of carbonyl (C=O) groups is 1. The lowest BCUT2D eigenvalue weighted by Crippen LogP contribution is -2.09. The number of ether oxygens (including phenoxy) is 1. The van der Waals surface area contributed by atoms with Gasteiger partial charge in [0.1, 0.15) is 0 Å². The highest BCUT2D eigenvalue weighted by Crippen LogP contribution is 2.35. The number of hydrogen-bond acceptors (Lipinski definition) is 5. The fourth-order valence-corrected chi connectivity index (χ4v) is 6.05. The van der Waals surface area contributed by atoms with Gasteiger partial charge in [0.05, 0.1) is 10.8 Å². The molecule has 6 heteroatoms. The molecule has 0 aliphatic rings. The molecule has 0 aliphatic heterocycles. The van der Waals surface area contributed by atoms with Crippen LogP contribution in [0.1, 0.15) is 23.1 Å². The summed E-state index contributed by atoms with van der Waals surface area (Å²) in [6, 6.07) is 26.8. The smallest absolute Gasteiger partial charge is 0.341 e. The molecule has 3 aromatic carbocycles. The van der Waals surface area contributed by atoms with E-state index in [4.69, 9.17) is 14.3 Å². The van der Waals surface area contributed by atoms with Gasteiger partial charge in [0, 0.05) is 16.9 Å². The van der Waals surface area contributed by atoms with Crippen molar-refractivity contribution >= 4 is 40.5 Å². The maximum absolute atomic E-state index is 10.9. The number of rotatable bonds is 12. The van der Waals surface area contributed by atoms with E-state index in [2.05, 4.69) is 48.5 Å². The van der Waals surface area contributed by atoms with Crippen LogP contribution in [0, 0.1) is 0 Å². The Kier molecular flexibility index (Phi) is 8.39. The number of carboxylic acids is 1. The number of para-hydroxylation sites is 1. The molecule has 0 saturated heterocycles. The first-order valence-corrected chi connectivity index (χ1v) is 12.9. The molecule has 0 radical (unpaired) electrons. The summed E-state index contributed by atoms with van der Waals surface area (Å²) in [4.78, 5) is 10.9. The Hall–Kier alpha value is -2.83. The molecule has 0 spiro atoms. The van der Waals surface area contributed by atoms with Gasteiger partial charge in [0.15, 0.2) is 17.9 Å². The average Bonchev–Trinajstić information content (AvgIpc) is 3.27. The van der Waals surface area contributed by atoms with Crippen LogP contribution in [0.15, 0.2) is 89.5 Å². The predicted octanol–water partition coefficient (Wildman–Crippen LogP) is 7.02. The summed E-state index contributed by atoms with van der Waals surface area (Å²) in [7, 11) is 0. The Morgan fingerprint density at radius 2 is 1.52 bits per heavy atom. The van der Waals surface area contributed by atoms with Crippen LogP contribution in [0.25, 0.3) is 11.0 Å². The molecule has 33 heavy (non-hydrogen) atoms. The minimum atomic E-state index is -1.01. The first-order valence-electron chi connectivity index (χ1n) is 10.8. The van der Waals surface area contributed by atoms with E-state index in [1.807, 2.05) is 47.8 Å². The molecular formula is C27H26O4S2. The Balaban J connectivity index is 1.43. The largest absolute Gasteiger partial charge is 0.479 e. The molecule has 1 heterocycles. The minimum Gasteiger partial charge on any atom is -0.479 e. The summed E-state index contributed by atoms with van der Waals surface area (Å²) in [5.74, 6) is 1.42. The molecule has 0 atom stereocenters. The van der Waals surface area contributed by atoms with Crippen molar-refractivity contribution in [3.63, 3.8) is 0 Å². The summed E-state index contributed by atoms with van der Waals surface area (Å²) in [6.45, 7) is -0.385. The molecule has 0 saturated carbocycles.